The maximum Gasteiger partial charge on any atom is 0.126 e. The van der Waals surface area contributed by atoms with Gasteiger partial charge < -0.3 is 5.32 Å². The van der Waals surface area contributed by atoms with Crippen molar-refractivity contribution in [2.45, 2.75) is 12.8 Å². The molecule has 0 fully saturated rings. The number of hydrogen-bond donors (Lipinski definition) is 1. The first kappa shape index (κ1) is 11.0. The van der Waals surface area contributed by atoms with Gasteiger partial charge in [-0.25, -0.2) is 4.98 Å². The van der Waals surface area contributed by atoms with Crippen molar-refractivity contribution in [2.75, 3.05) is 12.4 Å². The third-order valence-corrected chi connectivity index (χ3v) is 3.38. The highest BCUT2D eigenvalue weighted by Crippen LogP contribution is 2.29. The quantitative estimate of drug-likeness (QED) is 0.861. The van der Waals surface area contributed by atoms with E-state index in [2.05, 4.69) is 52.8 Å². The molecule has 2 heteroatoms. The molecule has 0 atom stereocenters. The first-order chi connectivity index (χ1) is 8.86. The van der Waals surface area contributed by atoms with E-state index < -0.39 is 0 Å². The van der Waals surface area contributed by atoms with Gasteiger partial charge in [0.2, 0.25) is 0 Å². The summed E-state index contributed by atoms with van der Waals surface area (Å²) in [5.74, 6) is 0.923. The molecule has 0 saturated carbocycles. The molecule has 0 amide bonds. The molecule has 0 radical (unpaired) electrons. The Kier molecular flexibility index (Phi) is 2.85. The van der Waals surface area contributed by atoms with Crippen molar-refractivity contribution in [1.29, 1.82) is 0 Å². The first-order valence-electron chi connectivity index (χ1n) is 6.30. The van der Waals surface area contributed by atoms with Gasteiger partial charge >= 0.3 is 0 Å². The van der Waals surface area contributed by atoms with Gasteiger partial charge in [0.1, 0.15) is 5.82 Å². The monoisotopic (exact) mass is 236 g/mol. The standard InChI is InChI=1S/C16H16N2/c1-17-16-8-4-7-15(18-16)14-10-9-12-5-2-3-6-13(12)11-14/h2-8,11H,9-10H2,1H3,(H,17,18). The van der Waals surface area contributed by atoms with Crippen LogP contribution in [0.1, 0.15) is 23.2 Å². The highest BCUT2D eigenvalue weighted by Gasteiger charge is 2.12. The van der Waals surface area contributed by atoms with Crippen LogP contribution < -0.4 is 5.32 Å². The van der Waals surface area contributed by atoms with Gasteiger partial charge in [-0.3, -0.25) is 0 Å². The molecule has 1 heterocycles. The van der Waals surface area contributed by atoms with Crippen molar-refractivity contribution in [2.24, 2.45) is 0 Å². The zero-order valence-electron chi connectivity index (χ0n) is 10.5. The van der Waals surface area contributed by atoms with Crippen LogP contribution >= 0.6 is 0 Å². The van der Waals surface area contributed by atoms with Crippen molar-refractivity contribution >= 4 is 17.5 Å². The number of hydrogen-bond acceptors (Lipinski definition) is 2. The van der Waals surface area contributed by atoms with Crippen LogP contribution in [0.15, 0.2) is 42.5 Å². The molecular formula is C16H16N2. The Balaban J connectivity index is 2.01. The molecule has 1 N–H and O–H groups in total. The van der Waals surface area contributed by atoms with E-state index in [1.807, 2.05) is 13.1 Å². The number of rotatable bonds is 2. The second-order valence-electron chi connectivity index (χ2n) is 4.53. The lowest BCUT2D eigenvalue weighted by Crippen LogP contribution is -2.01. The number of fused-ring (bicyclic) bond motifs is 1. The molecule has 0 bridgehead atoms. The zero-order chi connectivity index (χ0) is 12.4. The Hall–Kier alpha value is -2.09. The van der Waals surface area contributed by atoms with Crippen LogP contribution in [0.4, 0.5) is 5.82 Å². The molecule has 1 aromatic heterocycles. The fourth-order valence-electron chi connectivity index (χ4n) is 2.39. The van der Waals surface area contributed by atoms with Crippen molar-refractivity contribution < 1.29 is 0 Å². The SMILES string of the molecule is CNc1cccc(C2=Cc3ccccc3CC2)n1. The maximum atomic E-state index is 4.61. The smallest absolute Gasteiger partial charge is 0.126 e. The second kappa shape index (κ2) is 4.65. The Bertz CT molecular complexity index is 600. The van der Waals surface area contributed by atoms with E-state index in [9.17, 15) is 0 Å². The maximum absolute atomic E-state index is 4.61. The van der Waals surface area contributed by atoms with E-state index in [0.29, 0.717) is 0 Å². The number of nitrogens with one attached hydrogen (secondary N) is 1. The molecule has 18 heavy (non-hydrogen) atoms. The summed E-state index contributed by atoms with van der Waals surface area (Å²) in [5, 5.41) is 3.09. The molecular weight excluding hydrogens is 220 g/mol. The normalized spacial score (nSPS) is 13.7. The average Bonchev–Trinajstić information content (AvgIpc) is 2.47. The van der Waals surface area contributed by atoms with Crippen molar-refractivity contribution in [1.82, 2.24) is 4.98 Å². The van der Waals surface area contributed by atoms with Crippen LogP contribution in [0.25, 0.3) is 11.6 Å². The predicted molar refractivity (Wildman–Crippen MR) is 76.4 cm³/mol. The van der Waals surface area contributed by atoms with Crippen molar-refractivity contribution in [3.05, 3.63) is 59.3 Å². The van der Waals surface area contributed by atoms with Gasteiger partial charge in [-0.05, 0) is 47.8 Å². The largest absolute Gasteiger partial charge is 0.373 e. The molecule has 1 aliphatic carbocycles. The van der Waals surface area contributed by atoms with Gasteiger partial charge in [-0.1, -0.05) is 30.3 Å². The van der Waals surface area contributed by atoms with Gasteiger partial charge in [-0.2, -0.15) is 0 Å². The summed E-state index contributed by atoms with van der Waals surface area (Å²) in [4.78, 5) is 4.61. The van der Waals surface area contributed by atoms with E-state index in [0.717, 1.165) is 24.4 Å². The van der Waals surface area contributed by atoms with Gasteiger partial charge in [-0.15, -0.1) is 0 Å². The number of pyridine rings is 1. The summed E-state index contributed by atoms with van der Waals surface area (Å²) < 4.78 is 0. The van der Waals surface area contributed by atoms with Crippen molar-refractivity contribution in [3.63, 3.8) is 0 Å². The summed E-state index contributed by atoms with van der Waals surface area (Å²) >= 11 is 0. The Morgan fingerprint density at radius 3 is 2.78 bits per heavy atom. The van der Waals surface area contributed by atoms with Crippen LogP contribution in [0.5, 0.6) is 0 Å². The molecule has 0 aliphatic heterocycles. The van der Waals surface area contributed by atoms with E-state index >= 15 is 0 Å². The molecule has 0 saturated heterocycles. The fourth-order valence-corrected chi connectivity index (χ4v) is 2.39. The van der Waals surface area contributed by atoms with E-state index in [1.165, 1.54) is 16.7 Å². The number of anilines is 1. The summed E-state index contributed by atoms with van der Waals surface area (Å²) in [6.45, 7) is 0. The van der Waals surface area contributed by atoms with Gasteiger partial charge in [0.25, 0.3) is 0 Å². The molecule has 1 aliphatic rings. The molecule has 1 aromatic carbocycles. The summed E-state index contributed by atoms with van der Waals surface area (Å²) in [6, 6.07) is 14.7. The summed E-state index contributed by atoms with van der Waals surface area (Å²) in [6.07, 6.45) is 4.44. The lowest BCUT2D eigenvalue weighted by Gasteiger charge is -2.16. The lowest BCUT2D eigenvalue weighted by atomic mass is 9.91. The predicted octanol–water partition coefficient (Wildman–Crippen LogP) is 3.61. The number of aromatic nitrogens is 1. The second-order valence-corrected chi connectivity index (χ2v) is 4.53. The highest BCUT2D eigenvalue weighted by molar-refractivity contribution is 5.83. The third-order valence-electron chi connectivity index (χ3n) is 3.38. The van der Waals surface area contributed by atoms with Gasteiger partial charge in [0.15, 0.2) is 0 Å². The topological polar surface area (TPSA) is 24.9 Å². The molecule has 2 nitrogen and oxygen atoms in total. The van der Waals surface area contributed by atoms with Crippen LogP contribution in [0.3, 0.4) is 0 Å². The van der Waals surface area contributed by atoms with E-state index in [4.69, 9.17) is 0 Å². The number of benzene rings is 1. The third kappa shape index (κ3) is 2.02. The zero-order valence-corrected chi connectivity index (χ0v) is 10.5. The van der Waals surface area contributed by atoms with Crippen LogP contribution in [0, 0.1) is 0 Å². The van der Waals surface area contributed by atoms with Gasteiger partial charge in [0, 0.05) is 7.05 Å². The Morgan fingerprint density at radius 2 is 1.89 bits per heavy atom. The first-order valence-corrected chi connectivity index (χ1v) is 6.30. The minimum Gasteiger partial charge on any atom is -0.373 e. The van der Waals surface area contributed by atoms with Crippen molar-refractivity contribution in [3.8, 4) is 0 Å². The van der Waals surface area contributed by atoms with E-state index in [-0.39, 0.29) is 0 Å². The van der Waals surface area contributed by atoms with E-state index in [1.54, 1.807) is 0 Å². The molecule has 0 spiro atoms. The number of nitrogens with zero attached hydrogens (tertiary/aromatic N) is 1. The molecule has 0 unspecified atom stereocenters. The highest BCUT2D eigenvalue weighted by atomic mass is 15.0. The molecule has 90 valence electrons. The Labute approximate surface area is 107 Å². The van der Waals surface area contributed by atoms with Crippen LogP contribution in [-0.4, -0.2) is 12.0 Å². The van der Waals surface area contributed by atoms with Gasteiger partial charge in [0.05, 0.1) is 5.69 Å². The number of aryl methyl sites for hydroxylation is 1. The average molecular weight is 236 g/mol. The summed E-state index contributed by atoms with van der Waals surface area (Å²) in [5.41, 5.74) is 5.17. The van der Waals surface area contributed by atoms with Crippen LogP contribution in [-0.2, 0) is 6.42 Å². The summed E-state index contributed by atoms with van der Waals surface area (Å²) in [7, 11) is 1.90. The Morgan fingerprint density at radius 1 is 1.00 bits per heavy atom. The molecule has 2 aromatic rings. The van der Waals surface area contributed by atoms with Crippen LogP contribution in [0.2, 0.25) is 0 Å². The fraction of sp³-hybridized carbons (Fsp3) is 0.188. The molecule has 3 rings (SSSR count). The minimum absolute atomic E-state index is 0.923. The minimum atomic E-state index is 0.923. The number of allylic oxidation sites excluding steroid dienone is 1. The lowest BCUT2D eigenvalue weighted by molar-refractivity contribution is 0.991.